The number of rotatable bonds is 5. The zero-order valence-electron chi connectivity index (χ0n) is 18.5. The lowest BCUT2D eigenvalue weighted by atomic mass is 9.91. The van der Waals surface area contributed by atoms with Gasteiger partial charge in [-0.3, -0.25) is 14.9 Å². The van der Waals surface area contributed by atoms with Gasteiger partial charge in [0.25, 0.3) is 0 Å². The second-order valence-corrected chi connectivity index (χ2v) is 7.67. The summed E-state index contributed by atoms with van der Waals surface area (Å²) in [6.45, 7) is 3.25. The number of nitrogens with zero attached hydrogens (tertiary/aromatic N) is 2. The number of guanidine groups is 1. The Morgan fingerprint density at radius 1 is 1.12 bits per heavy atom. The summed E-state index contributed by atoms with van der Waals surface area (Å²) in [4.78, 5) is 32.7. The molecule has 2 aromatic carbocycles. The molecule has 0 fully saturated rings. The first-order chi connectivity index (χ1) is 15.5. The predicted molar refractivity (Wildman–Crippen MR) is 119 cm³/mol. The van der Waals surface area contributed by atoms with Crippen LogP contribution in [0.25, 0.3) is 0 Å². The van der Waals surface area contributed by atoms with Crippen molar-refractivity contribution >= 4 is 17.8 Å². The molecule has 0 saturated carbocycles. The van der Waals surface area contributed by atoms with Gasteiger partial charge in [0, 0.05) is 13.1 Å². The van der Waals surface area contributed by atoms with Crippen molar-refractivity contribution in [3.05, 3.63) is 59.2 Å². The summed E-state index contributed by atoms with van der Waals surface area (Å²) in [5, 5.41) is 2.84. The van der Waals surface area contributed by atoms with Crippen molar-refractivity contribution in [1.29, 1.82) is 0 Å². The standard InChI is InChI=1S/C24H27N3O5/c1-4-32-23(29)20-21(16-9-10-18(30-2)19(13-16)31-3)25-24(26-22(20)28)27-12-11-15-7-5-6-8-17(15)14-27/h5-10,13,20-21H,4,11-12,14H2,1-3H3,(H,25,26,28)/t20-,21-/m0/s1. The number of methoxy groups -OCH3 is 2. The third-order valence-electron chi connectivity index (χ3n) is 5.81. The number of hydrogen-bond acceptors (Lipinski definition) is 7. The highest BCUT2D eigenvalue weighted by molar-refractivity contribution is 6.08. The lowest BCUT2D eigenvalue weighted by Crippen LogP contribution is -2.53. The van der Waals surface area contributed by atoms with Gasteiger partial charge in [-0.05, 0) is 42.2 Å². The smallest absolute Gasteiger partial charge is 0.321 e. The maximum Gasteiger partial charge on any atom is 0.321 e. The van der Waals surface area contributed by atoms with Crippen LogP contribution in [0.2, 0.25) is 0 Å². The Balaban J connectivity index is 1.72. The number of fused-ring (bicyclic) bond motifs is 1. The number of carbonyl (C=O) groups excluding carboxylic acids is 2. The van der Waals surface area contributed by atoms with Crippen molar-refractivity contribution in [2.45, 2.75) is 25.9 Å². The van der Waals surface area contributed by atoms with Crippen molar-refractivity contribution in [2.75, 3.05) is 27.4 Å². The first-order valence-electron chi connectivity index (χ1n) is 10.6. The molecule has 2 aromatic rings. The van der Waals surface area contributed by atoms with Gasteiger partial charge in [-0.1, -0.05) is 30.3 Å². The van der Waals surface area contributed by atoms with E-state index in [0.717, 1.165) is 13.0 Å². The van der Waals surface area contributed by atoms with Gasteiger partial charge in [0.15, 0.2) is 17.4 Å². The third kappa shape index (κ3) is 4.12. The van der Waals surface area contributed by atoms with E-state index in [-0.39, 0.29) is 6.61 Å². The molecule has 32 heavy (non-hydrogen) atoms. The third-order valence-corrected chi connectivity index (χ3v) is 5.81. The Labute approximate surface area is 187 Å². The number of amides is 1. The van der Waals surface area contributed by atoms with Crippen molar-refractivity contribution in [3.63, 3.8) is 0 Å². The molecule has 2 atom stereocenters. The molecular formula is C24H27N3O5. The second-order valence-electron chi connectivity index (χ2n) is 7.67. The van der Waals surface area contributed by atoms with E-state index in [0.29, 0.717) is 29.6 Å². The number of carbonyl (C=O) groups is 2. The molecule has 0 saturated heterocycles. The number of ether oxygens (including phenoxy) is 3. The van der Waals surface area contributed by atoms with Gasteiger partial charge in [-0.2, -0.15) is 0 Å². The van der Waals surface area contributed by atoms with Gasteiger partial charge >= 0.3 is 5.97 Å². The second kappa shape index (κ2) is 9.30. The molecule has 0 aliphatic carbocycles. The lowest BCUT2D eigenvalue weighted by molar-refractivity contribution is -0.153. The minimum absolute atomic E-state index is 0.181. The highest BCUT2D eigenvalue weighted by Crippen LogP contribution is 2.36. The molecule has 1 N–H and O–H groups in total. The molecule has 2 aliphatic heterocycles. The summed E-state index contributed by atoms with van der Waals surface area (Å²) in [6, 6.07) is 12.8. The Morgan fingerprint density at radius 2 is 1.88 bits per heavy atom. The highest BCUT2D eigenvalue weighted by atomic mass is 16.5. The zero-order valence-corrected chi connectivity index (χ0v) is 18.5. The summed E-state index contributed by atoms with van der Waals surface area (Å²) in [6.07, 6.45) is 0.855. The molecule has 0 spiro atoms. The molecule has 2 heterocycles. The Hall–Kier alpha value is -3.55. The quantitative estimate of drug-likeness (QED) is 0.571. The SMILES string of the molecule is CCOC(=O)[C@@H]1C(=O)NC(N2CCc3ccccc3C2)=N[C@H]1c1ccc(OC)c(OC)c1. The van der Waals surface area contributed by atoms with Crippen LogP contribution < -0.4 is 14.8 Å². The van der Waals surface area contributed by atoms with Crippen LogP contribution in [0.5, 0.6) is 11.5 Å². The van der Waals surface area contributed by atoms with E-state index >= 15 is 0 Å². The normalized spacial score (nSPS) is 20.0. The molecular weight excluding hydrogens is 410 g/mol. The fraction of sp³-hybridized carbons (Fsp3) is 0.375. The Kier molecular flexibility index (Phi) is 6.30. The van der Waals surface area contributed by atoms with E-state index < -0.39 is 23.8 Å². The van der Waals surface area contributed by atoms with E-state index in [2.05, 4.69) is 17.4 Å². The molecule has 0 unspecified atom stereocenters. The number of nitrogens with one attached hydrogen (secondary N) is 1. The molecule has 8 nitrogen and oxygen atoms in total. The van der Waals surface area contributed by atoms with Gasteiger partial charge in [0.1, 0.15) is 6.04 Å². The van der Waals surface area contributed by atoms with Crippen LogP contribution in [0.15, 0.2) is 47.5 Å². The molecule has 8 heteroatoms. The molecule has 0 radical (unpaired) electrons. The largest absolute Gasteiger partial charge is 0.493 e. The highest BCUT2D eigenvalue weighted by Gasteiger charge is 2.42. The van der Waals surface area contributed by atoms with Crippen LogP contribution in [0, 0.1) is 5.92 Å². The number of aliphatic imine (C=N–C) groups is 1. The monoisotopic (exact) mass is 437 g/mol. The van der Waals surface area contributed by atoms with Gasteiger partial charge in [-0.15, -0.1) is 0 Å². The summed E-state index contributed by atoms with van der Waals surface area (Å²) in [7, 11) is 3.09. The van der Waals surface area contributed by atoms with Gasteiger partial charge in [-0.25, -0.2) is 4.99 Å². The van der Waals surface area contributed by atoms with Crippen LogP contribution in [0.1, 0.15) is 29.7 Å². The van der Waals surface area contributed by atoms with E-state index in [1.165, 1.54) is 18.2 Å². The van der Waals surface area contributed by atoms with Crippen LogP contribution >= 0.6 is 0 Å². The number of benzene rings is 2. The molecule has 0 bridgehead atoms. The van der Waals surface area contributed by atoms with E-state index in [4.69, 9.17) is 19.2 Å². The summed E-state index contributed by atoms with van der Waals surface area (Å²) < 4.78 is 15.9. The predicted octanol–water partition coefficient (Wildman–Crippen LogP) is 2.47. The van der Waals surface area contributed by atoms with Crippen molar-refractivity contribution < 1.29 is 23.8 Å². The first-order valence-corrected chi connectivity index (χ1v) is 10.6. The summed E-state index contributed by atoms with van der Waals surface area (Å²) in [5.41, 5.74) is 3.17. The van der Waals surface area contributed by atoms with Crippen molar-refractivity contribution in [3.8, 4) is 11.5 Å². The van der Waals surface area contributed by atoms with Gasteiger partial charge in [0.2, 0.25) is 11.9 Å². The Bertz CT molecular complexity index is 1050. The maximum atomic E-state index is 13.1. The van der Waals surface area contributed by atoms with Crippen LogP contribution in [-0.4, -0.2) is 50.1 Å². The average Bonchev–Trinajstić information content (AvgIpc) is 2.82. The lowest BCUT2D eigenvalue weighted by Gasteiger charge is -2.36. The maximum absolute atomic E-state index is 13.1. The van der Waals surface area contributed by atoms with Gasteiger partial charge < -0.3 is 19.1 Å². The molecule has 0 aromatic heterocycles. The zero-order chi connectivity index (χ0) is 22.7. The number of hydrogen-bond donors (Lipinski definition) is 1. The van der Waals surface area contributed by atoms with Crippen LogP contribution in [0.3, 0.4) is 0 Å². The first kappa shape index (κ1) is 21.7. The van der Waals surface area contributed by atoms with Crippen LogP contribution in [0.4, 0.5) is 0 Å². The summed E-state index contributed by atoms with van der Waals surface area (Å²) in [5.74, 6) is -0.592. The molecule has 168 valence electrons. The average molecular weight is 437 g/mol. The van der Waals surface area contributed by atoms with Crippen LogP contribution in [-0.2, 0) is 27.3 Å². The minimum atomic E-state index is -1.09. The Morgan fingerprint density at radius 3 is 2.59 bits per heavy atom. The fourth-order valence-electron chi connectivity index (χ4n) is 4.18. The van der Waals surface area contributed by atoms with Crippen molar-refractivity contribution in [2.24, 2.45) is 10.9 Å². The molecule has 4 rings (SSSR count). The van der Waals surface area contributed by atoms with E-state index in [1.54, 1.807) is 32.2 Å². The molecule has 2 aliphatic rings. The van der Waals surface area contributed by atoms with Gasteiger partial charge in [0.05, 0.1) is 20.8 Å². The molecule has 1 amide bonds. The van der Waals surface area contributed by atoms with E-state index in [1.807, 2.05) is 17.0 Å². The number of esters is 1. The van der Waals surface area contributed by atoms with Crippen molar-refractivity contribution in [1.82, 2.24) is 10.2 Å². The topological polar surface area (TPSA) is 89.5 Å². The summed E-state index contributed by atoms with van der Waals surface area (Å²) >= 11 is 0. The fourth-order valence-corrected chi connectivity index (χ4v) is 4.18. The minimum Gasteiger partial charge on any atom is -0.493 e. The van der Waals surface area contributed by atoms with E-state index in [9.17, 15) is 9.59 Å².